The maximum Gasteiger partial charge on any atom is 0.238 e. The molecule has 0 saturated heterocycles. The molecule has 0 aliphatic carbocycles. The predicted molar refractivity (Wildman–Crippen MR) is 68.4 cm³/mol. The second-order valence-electron chi connectivity index (χ2n) is 4.45. The highest BCUT2D eigenvalue weighted by atomic mass is 19.1. The number of methoxy groups -OCH3 is 1. The Labute approximate surface area is 110 Å². The summed E-state index contributed by atoms with van der Waals surface area (Å²) in [6.07, 6.45) is 2.92. The summed E-state index contributed by atoms with van der Waals surface area (Å²) >= 11 is 0. The molecule has 1 atom stereocenters. The third kappa shape index (κ3) is 2.42. The topological polar surface area (TPSA) is 55.2 Å². The van der Waals surface area contributed by atoms with Gasteiger partial charge in [0.1, 0.15) is 17.1 Å². The quantitative estimate of drug-likeness (QED) is 0.921. The fourth-order valence-electron chi connectivity index (χ4n) is 1.84. The Hall–Kier alpha value is -2.01. The van der Waals surface area contributed by atoms with Gasteiger partial charge in [0.05, 0.1) is 7.11 Å². The number of aromatic nitrogens is 2. The molecule has 0 saturated carbocycles. The first-order chi connectivity index (χ1) is 8.96. The Morgan fingerprint density at radius 1 is 1.26 bits per heavy atom. The van der Waals surface area contributed by atoms with Gasteiger partial charge in [-0.15, -0.1) is 0 Å². The van der Waals surface area contributed by atoms with Crippen LogP contribution in [0, 0.1) is 12.7 Å². The van der Waals surface area contributed by atoms with E-state index in [2.05, 4.69) is 9.97 Å². The average molecular weight is 262 g/mol. The lowest BCUT2D eigenvalue weighted by atomic mass is 9.91. The molecule has 1 heterocycles. The van der Waals surface area contributed by atoms with Gasteiger partial charge in [0, 0.05) is 12.4 Å². The first-order valence-corrected chi connectivity index (χ1v) is 5.81. The van der Waals surface area contributed by atoms with Crippen molar-refractivity contribution in [1.29, 1.82) is 0 Å². The summed E-state index contributed by atoms with van der Waals surface area (Å²) in [5.74, 6) is -0.158. The molecule has 19 heavy (non-hydrogen) atoms. The highest BCUT2D eigenvalue weighted by molar-refractivity contribution is 5.37. The van der Waals surface area contributed by atoms with Crippen LogP contribution in [-0.2, 0) is 5.60 Å². The molecule has 0 radical (unpaired) electrons. The number of aliphatic hydroxyl groups is 1. The molecule has 0 aliphatic heterocycles. The number of hydrogen-bond donors (Lipinski definition) is 1. The van der Waals surface area contributed by atoms with Crippen LogP contribution in [0.3, 0.4) is 0 Å². The van der Waals surface area contributed by atoms with Crippen molar-refractivity contribution in [2.24, 2.45) is 0 Å². The minimum atomic E-state index is -1.48. The molecular weight excluding hydrogens is 247 g/mol. The zero-order valence-corrected chi connectivity index (χ0v) is 11.0. The molecule has 2 rings (SSSR count). The summed E-state index contributed by atoms with van der Waals surface area (Å²) in [6, 6.07) is 4.57. The van der Waals surface area contributed by atoms with Gasteiger partial charge in [-0.1, -0.05) is 12.1 Å². The Morgan fingerprint density at radius 3 is 2.58 bits per heavy atom. The van der Waals surface area contributed by atoms with Crippen molar-refractivity contribution < 1.29 is 14.2 Å². The maximum atomic E-state index is 13.6. The number of aryl methyl sites for hydroxylation is 1. The van der Waals surface area contributed by atoms with E-state index in [-0.39, 0.29) is 17.4 Å². The summed E-state index contributed by atoms with van der Waals surface area (Å²) in [7, 11) is 1.44. The van der Waals surface area contributed by atoms with E-state index in [0.29, 0.717) is 11.1 Å². The van der Waals surface area contributed by atoms with Gasteiger partial charge in [-0.2, -0.15) is 0 Å². The van der Waals surface area contributed by atoms with Crippen molar-refractivity contribution in [3.63, 3.8) is 0 Å². The summed E-state index contributed by atoms with van der Waals surface area (Å²) < 4.78 is 18.7. The molecule has 0 aliphatic rings. The van der Waals surface area contributed by atoms with E-state index in [1.807, 2.05) is 0 Å². The first kappa shape index (κ1) is 13.4. The van der Waals surface area contributed by atoms with Crippen molar-refractivity contribution in [3.8, 4) is 5.88 Å². The fraction of sp³-hybridized carbons (Fsp3) is 0.286. The van der Waals surface area contributed by atoms with Crippen LogP contribution in [0.15, 0.2) is 30.6 Å². The van der Waals surface area contributed by atoms with Crippen LogP contribution in [0.25, 0.3) is 0 Å². The molecule has 1 aromatic heterocycles. The zero-order chi connectivity index (χ0) is 14.0. The van der Waals surface area contributed by atoms with E-state index in [4.69, 9.17) is 4.74 Å². The van der Waals surface area contributed by atoms with Gasteiger partial charge in [-0.25, -0.2) is 9.37 Å². The van der Waals surface area contributed by atoms with Crippen molar-refractivity contribution >= 4 is 0 Å². The van der Waals surface area contributed by atoms with E-state index in [0.717, 1.165) is 0 Å². The Balaban J connectivity index is 2.54. The Bertz CT molecular complexity index is 600. The van der Waals surface area contributed by atoms with Gasteiger partial charge in [0.25, 0.3) is 0 Å². The molecule has 0 amide bonds. The molecule has 5 heteroatoms. The number of nitrogens with zero attached hydrogens (tertiary/aromatic N) is 2. The van der Waals surface area contributed by atoms with Gasteiger partial charge in [-0.05, 0) is 31.0 Å². The Kier molecular flexibility index (Phi) is 3.48. The third-order valence-electron chi connectivity index (χ3n) is 3.05. The van der Waals surface area contributed by atoms with E-state index in [9.17, 15) is 9.50 Å². The normalized spacial score (nSPS) is 13.9. The van der Waals surface area contributed by atoms with E-state index < -0.39 is 5.60 Å². The number of ether oxygens (including phenoxy) is 1. The maximum absolute atomic E-state index is 13.6. The van der Waals surface area contributed by atoms with Crippen LogP contribution in [-0.4, -0.2) is 22.2 Å². The lowest BCUT2D eigenvalue weighted by molar-refractivity contribution is 0.0926. The minimum absolute atomic E-state index is 0.216. The van der Waals surface area contributed by atoms with Gasteiger partial charge >= 0.3 is 0 Å². The summed E-state index contributed by atoms with van der Waals surface area (Å²) in [5, 5.41) is 10.6. The standard InChI is InChI=1S/C14H15FN2O2/c1-9-4-5-10(8-11(9)15)14(2,18)12-13(19-3)17-7-6-16-12/h4-8,18H,1-3H3. The smallest absolute Gasteiger partial charge is 0.238 e. The lowest BCUT2D eigenvalue weighted by Gasteiger charge is -2.24. The second-order valence-corrected chi connectivity index (χ2v) is 4.45. The van der Waals surface area contributed by atoms with Crippen LogP contribution in [0.5, 0.6) is 5.88 Å². The Morgan fingerprint density at radius 2 is 1.95 bits per heavy atom. The van der Waals surface area contributed by atoms with Crippen molar-refractivity contribution in [3.05, 3.63) is 53.2 Å². The van der Waals surface area contributed by atoms with Gasteiger partial charge in [0.15, 0.2) is 0 Å². The zero-order valence-electron chi connectivity index (χ0n) is 11.0. The van der Waals surface area contributed by atoms with Crippen LogP contribution >= 0.6 is 0 Å². The monoisotopic (exact) mass is 262 g/mol. The van der Waals surface area contributed by atoms with Gasteiger partial charge in [0.2, 0.25) is 5.88 Å². The molecule has 0 fully saturated rings. The molecule has 1 unspecified atom stereocenters. The minimum Gasteiger partial charge on any atom is -0.480 e. The van der Waals surface area contributed by atoms with Gasteiger partial charge < -0.3 is 9.84 Å². The number of benzene rings is 1. The van der Waals surface area contributed by atoms with Crippen LogP contribution in [0.2, 0.25) is 0 Å². The SMILES string of the molecule is COc1nccnc1C(C)(O)c1ccc(C)c(F)c1. The summed E-state index contributed by atoms with van der Waals surface area (Å²) in [4.78, 5) is 8.08. The molecular formula is C14H15FN2O2. The van der Waals surface area contributed by atoms with Crippen molar-refractivity contribution in [2.75, 3.05) is 7.11 Å². The molecule has 100 valence electrons. The third-order valence-corrected chi connectivity index (χ3v) is 3.05. The highest BCUT2D eigenvalue weighted by Gasteiger charge is 2.32. The lowest BCUT2D eigenvalue weighted by Crippen LogP contribution is -2.25. The number of hydrogen-bond acceptors (Lipinski definition) is 4. The van der Waals surface area contributed by atoms with Crippen LogP contribution in [0.4, 0.5) is 4.39 Å². The molecule has 4 nitrogen and oxygen atoms in total. The van der Waals surface area contributed by atoms with Crippen LogP contribution < -0.4 is 4.74 Å². The van der Waals surface area contributed by atoms with E-state index in [1.165, 1.54) is 32.5 Å². The number of halogens is 1. The van der Waals surface area contributed by atoms with E-state index in [1.54, 1.807) is 19.1 Å². The molecule has 2 aromatic rings. The fourth-order valence-corrected chi connectivity index (χ4v) is 1.84. The predicted octanol–water partition coefficient (Wildman–Crippen LogP) is 2.19. The molecule has 0 spiro atoms. The molecule has 1 aromatic carbocycles. The van der Waals surface area contributed by atoms with E-state index >= 15 is 0 Å². The molecule has 1 N–H and O–H groups in total. The first-order valence-electron chi connectivity index (χ1n) is 5.81. The average Bonchev–Trinajstić information content (AvgIpc) is 2.41. The van der Waals surface area contributed by atoms with Gasteiger partial charge in [-0.3, -0.25) is 4.98 Å². The largest absolute Gasteiger partial charge is 0.480 e. The second kappa shape index (κ2) is 4.93. The van der Waals surface area contributed by atoms with Crippen molar-refractivity contribution in [2.45, 2.75) is 19.4 Å². The van der Waals surface area contributed by atoms with Crippen LogP contribution in [0.1, 0.15) is 23.7 Å². The van der Waals surface area contributed by atoms with Crippen molar-refractivity contribution in [1.82, 2.24) is 9.97 Å². The summed E-state index contributed by atoms with van der Waals surface area (Å²) in [5.41, 5.74) is -0.311. The number of rotatable bonds is 3. The summed E-state index contributed by atoms with van der Waals surface area (Å²) in [6.45, 7) is 3.19. The molecule has 0 bridgehead atoms. The highest BCUT2D eigenvalue weighted by Crippen LogP contribution is 2.32.